The second kappa shape index (κ2) is 10.3. The molecule has 0 atom stereocenters. The van der Waals surface area contributed by atoms with Crippen LogP contribution in [0.25, 0.3) is 0 Å². The number of benzene rings is 1. The van der Waals surface area contributed by atoms with Crippen LogP contribution in [0.4, 0.5) is 0 Å². The van der Waals surface area contributed by atoms with Gasteiger partial charge in [-0.05, 0) is 29.9 Å². The minimum Gasteiger partial charge on any atom is -0.114 e. The molecule has 0 saturated heterocycles. The summed E-state index contributed by atoms with van der Waals surface area (Å²) < 4.78 is -1.33. The molecule has 0 fully saturated rings. The zero-order valence-electron chi connectivity index (χ0n) is 12.0. The van der Waals surface area contributed by atoms with Crippen molar-refractivity contribution in [2.75, 3.05) is 11.5 Å². The Bertz CT molecular complexity index is 364. The number of hydrogen-bond acceptors (Lipinski definition) is 3. The van der Waals surface area contributed by atoms with Crippen LogP contribution in [0.5, 0.6) is 0 Å². The van der Waals surface area contributed by atoms with Gasteiger partial charge in [0.2, 0.25) is 0 Å². The van der Waals surface area contributed by atoms with Gasteiger partial charge in [0, 0.05) is 6.16 Å². The van der Waals surface area contributed by atoms with Crippen molar-refractivity contribution in [1.82, 2.24) is 0 Å². The first kappa shape index (κ1) is 17.6. The summed E-state index contributed by atoms with van der Waals surface area (Å²) in [5, 5.41) is 0. The van der Waals surface area contributed by atoms with E-state index in [0.717, 1.165) is 6.16 Å². The van der Waals surface area contributed by atoms with Crippen LogP contribution in [-0.2, 0) is 18.0 Å². The van der Waals surface area contributed by atoms with Crippen LogP contribution in [0.2, 0.25) is 0 Å². The van der Waals surface area contributed by atoms with Gasteiger partial charge in [-0.15, -0.1) is 22.8 Å². The Hall–Kier alpha value is 0.570. The molecular formula is C15H25PS3. The fourth-order valence-corrected chi connectivity index (χ4v) is 11.8. The molecule has 0 saturated carbocycles. The fraction of sp³-hybridized carbons (Fsp3) is 0.600. The Morgan fingerprint density at radius 3 is 1.95 bits per heavy atom. The molecule has 19 heavy (non-hydrogen) atoms. The summed E-state index contributed by atoms with van der Waals surface area (Å²) in [5.74, 6) is 2.47. The van der Waals surface area contributed by atoms with E-state index in [1.54, 1.807) is 0 Å². The van der Waals surface area contributed by atoms with E-state index in [4.69, 9.17) is 11.8 Å². The molecule has 0 spiro atoms. The molecule has 0 aliphatic rings. The highest BCUT2D eigenvalue weighted by molar-refractivity contribution is 9.00. The minimum atomic E-state index is -1.33. The van der Waals surface area contributed by atoms with Gasteiger partial charge in [0.1, 0.15) is 0 Å². The van der Waals surface area contributed by atoms with Crippen molar-refractivity contribution in [1.29, 1.82) is 0 Å². The monoisotopic (exact) mass is 332 g/mol. The van der Waals surface area contributed by atoms with Gasteiger partial charge >= 0.3 is 0 Å². The second-order valence-corrected chi connectivity index (χ2v) is 16.7. The predicted octanol–water partition coefficient (Wildman–Crippen LogP) is 6.56. The van der Waals surface area contributed by atoms with Gasteiger partial charge in [-0.2, -0.15) is 0 Å². The lowest BCUT2D eigenvalue weighted by molar-refractivity contribution is 0.898. The first-order valence-corrected chi connectivity index (χ1v) is 13.3. The Labute approximate surface area is 132 Å². The summed E-state index contributed by atoms with van der Waals surface area (Å²) in [6, 6.07) is 10.8. The van der Waals surface area contributed by atoms with Crippen molar-refractivity contribution in [2.45, 2.75) is 45.7 Å². The molecule has 1 aromatic rings. The highest BCUT2D eigenvalue weighted by atomic mass is 33.2. The molecule has 0 radical (unpaired) electrons. The number of unbranched alkanes of at least 4 members (excludes halogenated alkanes) is 2. The number of hydrogen-bond donors (Lipinski definition) is 0. The molecule has 0 aliphatic carbocycles. The van der Waals surface area contributed by atoms with E-state index in [1.165, 1.54) is 42.8 Å². The standard InChI is InChI=1S/C15H25PS3/c1-3-5-12-18-16(17,19-13-6-4-2)14-15-10-8-7-9-11-15/h7-11H,3-6,12-14H2,1-2H3. The summed E-state index contributed by atoms with van der Waals surface area (Å²) in [6.07, 6.45) is 6.24. The summed E-state index contributed by atoms with van der Waals surface area (Å²) in [7, 11) is 0. The summed E-state index contributed by atoms with van der Waals surface area (Å²) in [5.41, 5.74) is 1.42. The lowest BCUT2D eigenvalue weighted by Gasteiger charge is -2.21. The fourth-order valence-electron chi connectivity index (χ4n) is 1.63. The SMILES string of the molecule is CCCCSP(=S)(Cc1ccccc1)SCCCC. The van der Waals surface area contributed by atoms with Gasteiger partial charge in [0.15, 0.2) is 0 Å². The third-order valence-electron chi connectivity index (χ3n) is 2.79. The zero-order valence-corrected chi connectivity index (χ0v) is 15.4. The van der Waals surface area contributed by atoms with Gasteiger partial charge in [0.05, 0.1) is 4.44 Å². The van der Waals surface area contributed by atoms with Gasteiger partial charge in [-0.3, -0.25) is 0 Å². The van der Waals surface area contributed by atoms with Gasteiger partial charge in [-0.1, -0.05) is 68.8 Å². The van der Waals surface area contributed by atoms with Crippen molar-refractivity contribution in [3.63, 3.8) is 0 Å². The highest BCUT2D eigenvalue weighted by Gasteiger charge is 2.18. The molecule has 0 nitrogen and oxygen atoms in total. The van der Waals surface area contributed by atoms with E-state index in [-0.39, 0.29) is 0 Å². The lowest BCUT2D eigenvalue weighted by Crippen LogP contribution is -1.87. The Morgan fingerprint density at radius 2 is 1.47 bits per heavy atom. The molecule has 0 aromatic heterocycles. The molecule has 1 rings (SSSR count). The van der Waals surface area contributed by atoms with E-state index >= 15 is 0 Å². The van der Waals surface area contributed by atoms with Crippen molar-refractivity contribution >= 4 is 39.0 Å². The van der Waals surface area contributed by atoms with Crippen LogP contribution in [0, 0.1) is 0 Å². The largest absolute Gasteiger partial charge is 0.114 e. The van der Waals surface area contributed by atoms with E-state index in [2.05, 4.69) is 66.9 Å². The molecule has 0 amide bonds. The molecule has 0 heterocycles. The minimum absolute atomic E-state index is 1.10. The predicted molar refractivity (Wildman–Crippen MR) is 99.2 cm³/mol. The van der Waals surface area contributed by atoms with Crippen LogP contribution in [0.15, 0.2) is 30.3 Å². The number of rotatable bonds is 10. The average Bonchev–Trinajstić information content (AvgIpc) is 2.40. The van der Waals surface area contributed by atoms with E-state index < -0.39 is 4.44 Å². The maximum atomic E-state index is 6.05. The molecular weight excluding hydrogens is 307 g/mol. The molecule has 0 N–H and O–H groups in total. The topological polar surface area (TPSA) is 0 Å². The van der Waals surface area contributed by atoms with Crippen molar-refractivity contribution in [3.8, 4) is 0 Å². The van der Waals surface area contributed by atoms with Crippen LogP contribution in [0.1, 0.15) is 45.1 Å². The second-order valence-electron chi connectivity index (χ2n) is 4.63. The van der Waals surface area contributed by atoms with E-state index in [1.807, 2.05) is 0 Å². The van der Waals surface area contributed by atoms with Crippen molar-refractivity contribution in [2.24, 2.45) is 0 Å². The molecule has 1 aromatic carbocycles. The van der Waals surface area contributed by atoms with Gasteiger partial charge in [-0.25, -0.2) is 0 Å². The summed E-state index contributed by atoms with van der Waals surface area (Å²) >= 11 is 10.2. The normalized spacial score (nSPS) is 11.7. The Balaban J connectivity index is 2.59. The highest BCUT2D eigenvalue weighted by Crippen LogP contribution is 2.71. The quantitative estimate of drug-likeness (QED) is 0.351. The first-order valence-electron chi connectivity index (χ1n) is 7.12. The smallest absolute Gasteiger partial charge is 0.0614 e. The maximum absolute atomic E-state index is 6.05. The molecule has 0 unspecified atom stereocenters. The van der Waals surface area contributed by atoms with Gasteiger partial charge < -0.3 is 0 Å². The van der Waals surface area contributed by atoms with E-state index in [0.29, 0.717) is 0 Å². The Kier molecular flexibility index (Phi) is 9.57. The van der Waals surface area contributed by atoms with Crippen LogP contribution < -0.4 is 0 Å². The lowest BCUT2D eigenvalue weighted by atomic mass is 10.2. The maximum Gasteiger partial charge on any atom is 0.0614 e. The average molecular weight is 333 g/mol. The summed E-state index contributed by atoms with van der Waals surface area (Å²) in [6.45, 7) is 4.51. The van der Waals surface area contributed by atoms with Crippen LogP contribution in [0.3, 0.4) is 0 Å². The zero-order chi connectivity index (χ0) is 14.0. The van der Waals surface area contributed by atoms with Crippen molar-refractivity contribution in [3.05, 3.63) is 35.9 Å². The van der Waals surface area contributed by atoms with Crippen LogP contribution >= 0.6 is 27.2 Å². The molecule has 0 bridgehead atoms. The molecule has 108 valence electrons. The molecule has 4 heteroatoms. The summed E-state index contributed by atoms with van der Waals surface area (Å²) in [4.78, 5) is 0. The Morgan fingerprint density at radius 1 is 0.947 bits per heavy atom. The third kappa shape index (κ3) is 7.80. The molecule has 0 aliphatic heterocycles. The first-order chi connectivity index (χ1) is 9.20. The van der Waals surface area contributed by atoms with Crippen LogP contribution in [-0.4, -0.2) is 11.5 Å². The van der Waals surface area contributed by atoms with E-state index in [9.17, 15) is 0 Å². The van der Waals surface area contributed by atoms with Crippen molar-refractivity contribution < 1.29 is 0 Å². The third-order valence-corrected chi connectivity index (χ3v) is 13.7. The van der Waals surface area contributed by atoms with Gasteiger partial charge in [0.25, 0.3) is 0 Å².